The largest absolute Gasteiger partial charge is 0.290 e. The number of aromatic nitrogens is 2. The van der Waals surface area contributed by atoms with Crippen LogP contribution in [0.2, 0.25) is 0 Å². The average Bonchev–Trinajstić information content (AvgIpc) is 2.34. The van der Waals surface area contributed by atoms with Gasteiger partial charge in [0.25, 0.3) is 5.76 Å². The van der Waals surface area contributed by atoms with Crippen molar-refractivity contribution in [1.29, 1.82) is 0 Å². The van der Waals surface area contributed by atoms with E-state index in [-0.39, 0.29) is 0 Å². The van der Waals surface area contributed by atoms with E-state index in [9.17, 15) is 8.78 Å². The molecule has 0 N–H and O–H groups in total. The van der Waals surface area contributed by atoms with E-state index in [0.29, 0.717) is 23.3 Å². The number of alkyl halides is 2. The standard InChI is InChI=1S/C6H7F2N2S/c1-2-10-5(3-4-9-10)11-6(7)8/h3,6H,2H2,1H3. The molecule has 0 aliphatic rings. The highest BCUT2D eigenvalue weighted by molar-refractivity contribution is 7.99. The molecule has 1 radical (unpaired) electrons. The molecule has 0 saturated carbocycles. The fourth-order valence-electron chi connectivity index (χ4n) is 0.690. The number of thioether (sulfide) groups is 1. The summed E-state index contributed by atoms with van der Waals surface area (Å²) in [5.74, 6) is -2.38. The Kier molecular flexibility index (Phi) is 2.87. The third kappa shape index (κ3) is 2.18. The SMILES string of the molecule is CCn1n[c]cc1SC(F)F. The van der Waals surface area contributed by atoms with E-state index in [0.717, 1.165) is 0 Å². The molecule has 0 bridgehead atoms. The van der Waals surface area contributed by atoms with E-state index in [1.54, 1.807) is 0 Å². The maximum absolute atomic E-state index is 11.8. The van der Waals surface area contributed by atoms with Crippen LogP contribution in [-0.2, 0) is 6.54 Å². The first-order chi connectivity index (χ1) is 5.24. The Morgan fingerprint density at radius 3 is 3.09 bits per heavy atom. The van der Waals surface area contributed by atoms with E-state index in [4.69, 9.17) is 0 Å². The fraction of sp³-hybridized carbons (Fsp3) is 0.500. The smallest absolute Gasteiger partial charge is 0.258 e. The van der Waals surface area contributed by atoms with Crippen molar-refractivity contribution in [2.75, 3.05) is 0 Å². The highest BCUT2D eigenvalue weighted by Gasteiger charge is 2.08. The van der Waals surface area contributed by atoms with E-state index in [1.807, 2.05) is 6.92 Å². The minimum atomic E-state index is -2.38. The summed E-state index contributed by atoms with van der Waals surface area (Å²) in [6.07, 6.45) is 2.51. The molecule has 1 heterocycles. The van der Waals surface area contributed by atoms with Crippen molar-refractivity contribution in [3.63, 3.8) is 0 Å². The van der Waals surface area contributed by atoms with Crippen LogP contribution in [0.4, 0.5) is 8.78 Å². The quantitative estimate of drug-likeness (QED) is 0.657. The minimum absolute atomic E-state index is 0.461. The van der Waals surface area contributed by atoms with E-state index < -0.39 is 5.76 Å². The summed E-state index contributed by atoms with van der Waals surface area (Å²) in [5, 5.41) is 4.19. The number of hydrogen-bond acceptors (Lipinski definition) is 2. The Bertz CT molecular complexity index is 224. The minimum Gasteiger partial charge on any atom is -0.258 e. The van der Waals surface area contributed by atoms with Crippen LogP contribution < -0.4 is 0 Å². The van der Waals surface area contributed by atoms with Crippen LogP contribution in [0.15, 0.2) is 11.1 Å². The predicted octanol–water partition coefficient (Wildman–Crippen LogP) is 2.02. The highest BCUT2D eigenvalue weighted by atomic mass is 32.2. The first kappa shape index (κ1) is 8.52. The zero-order valence-corrected chi connectivity index (χ0v) is 6.74. The van der Waals surface area contributed by atoms with Gasteiger partial charge in [0.2, 0.25) is 0 Å². The van der Waals surface area contributed by atoms with Gasteiger partial charge in [0.15, 0.2) is 0 Å². The van der Waals surface area contributed by atoms with Gasteiger partial charge in [0, 0.05) is 6.54 Å². The molecule has 0 aliphatic carbocycles. The molecule has 1 aromatic rings. The predicted molar refractivity (Wildman–Crippen MR) is 38.6 cm³/mol. The molecule has 0 fully saturated rings. The molecular formula is C6H7F2N2S. The maximum atomic E-state index is 11.8. The lowest BCUT2D eigenvalue weighted by Gasteiger charge is -2.01. The van der Waals surface area contributed by atoms with E-state index in [1.165, 1.54) is 10.7 Å². The number of rotatable bonds is 3. The summed E-state index contributed by atoms with van der Waals surface area (Å²) in [5.41, 5.74) is 0. The number of aryl methyl sites for hydroxylation is 1. The summed E-state index contributed by atoms with van der Waals surface area (Å²) in [7, 11) is 0. The number of hydrogen-bond donors (Lipinski definition) is 0. The summed E-state index contributed by atoms with van der Waals surface area (Å²) in [6, 6.07) is 1.46. The van der Waals surface area contributed by atoms with Crippen LogP contribution in [0.1, 0.15) is 6.92 Å². The Labute approximate surface area is 67.6 Å². The third-order valence-electron chi connectivity index (χ3n) is 1.13. The molecule has 0 unspecified atom stereocenters. The molecular weight excluding hydrogens is 170 g/mol. The van der Waals surface area contributed by atoms with Gasteiger partial charge in [-0.05, 0) is 24.8 Å². The van der Waals surface area contributed by atoms with Gasteiger partial charge < -0.3 is 0 Å². The second-order valence-corrected chi connectivity index (χ2v) is 2.82. The van der Waals surface area contributed by atoms with Crippen LogP contribution in [0, 0.1) is 6.20 Å². The Hall–Kier alpha value is -0.580. The average molecular weight is 177 g/mol. The lowest BCUT2D eigenvalue weighted by atomic mass is 10.7. The molecule has 0 aromatic carbocycles. The number of halogens is 2. The van der Waals surface area contributed by atoms with Gasteiger partial charge in [-0.25, -0.2) is 0 Å². The monoisotopic (exact) mass is 177 g/mol. The van der Waals surface area contributed by atoms with Crippen molar-refractivity contribution in [2.45, 2.75) is 24.3 Å². The molecule has 1 aromatic heterocycles. The first-order valence-electron chi connectivity index (χ1n) is 3.12. The molecule has 5 heteroatoms. The summed E-state index contributed by atoms with van der Waals surface area (Å²) >= 11 is 0.492. The second-order valence-electron chi connectivity index (χ2n) is 1.81. The molecule has 0 aliphatic heterocycles. The van der Waals surface area contributed by atoms with Gasteiger partial charge in [-0.15, -0.1) is 0 Å². The topological polar surface area (TPSA) is 17.8 Å². The molecule has 1 rings (SSSR count). The van der Waals surface area contributed by atoms with Crippen molar-refractivity contribution >= 4 is 11.8 Å². The Morgan fingerprint density at radius 1 is 1.82 bits per heavy atom. The molecule has 0 amide bonds. The highest BCUT2D eigenvalue weighted by Crippen LogP contribution is 2.23. The van der Waals surface area contributed by atoms with Gasteiger partial charge in [-0.1, -0.05) is 0 Å². The zero-order valence-electron chi connectivity index (χ0n) is 5.92. The van der Waals surface area contributed by atoms with Gasteiger partial charge in [-0.2, -0.15) is 13.9 Å². The van der Waals surface area contributed by atoms with E-state index in [2.05, 4.69) is 11.3 Å². The van der Waals surface area contributed by atoms with Crippen LogP contribution in [0.3, 0.4) is 0 Å². The number of nitrogens with zero attached hydrogens (tertiary/aromatic N) is 2. The molecule has 0 atom stereocenters. The lowest BCUT2D eigenvalue weighted by Crippen LogP contribution is -1.98. The van der Waals surface area contributed by atoms with Crippen molar-refractivity contribution in [3.05, 3.63) is 12.3 Å². The molecule has 0 saturated heterocycles. The van der Waals surface area contributed by atoms with Crippen LogP contribution in [-0.4, -0.2) is 15.5 Å². The van der Waals surface area contributed by atoms with Crippen molar-refractivity contribution in [2.24, 2.45) is 0 Å². The van der Waals surface area contributed by atoms with Gasteiger partial charge in [0.1, 0.15) is 6.20 Å². The molecule has 61 valence electrons. The van der Waals surface area contributed by atoms with Gasteiger partial charge >= 0.3 is 0 Å². The molecule has 2 nitrogen and oxygen atoms in total. The van der Waals surface area contributed by atoms with Crippen LogP contribution in [0.25, 0.3) is 0 Å². The summed E-state index contributed by atoms with van der Waals surface area (Å²) in [4.78, 5) is 0. The third-order valence-corrected chi connectivity index (χ3v) is 1.88. The first-order valence-corrected chi connectivity index (χ1v) is 4.00. The van der Waals surface area contributed by atoms with Crippen molar-refractivity contribution < 1.29 is 8.78 Å². The normalized spacial score (nSPS) is 10.9. The van der Waals surface area contributed by atoms with E-state index >= 15 is 0 Å². The van der Waals surface area contributed by atoms with Crippen molar-refractivity contribution in [1.82, 2.24) is 9.78 Å². The Morgan fingerprint density at radius 2 is 2.55 bits per heavy atom. The van der Waals surface area contributed by atoms with Gasteiger partial charge in [0.05, 0.1) is 5.03 Å². The summed E-state index contributed by atoms with van der Waals surface area (Å²) < 4.78 is 25.1. The van der Waals surface area contributed by atoms with Crippen molar-refractivity contribution in [3.8, 4) is 0 Å². The summed E-state index contributed by atoms with van der Waals surface area (Å²) in [6.45, 7) is 2.44. The molecule has 11 heavy (non-hydrogen) atoms. The maximum Gasteiger partial charge on any atom is 0.290 e. The Balaban J connectivity index is 2.68. The van der Waals surface area contributed by atoms with Gasteiger partial charge in [-0.3, -0.25) is 4.68 Å². The van der Waals surface area contributed by atoms with Crippen LogP contribution >= 0.6 is 11.8 Å². The lowest BCUT2D eigenvalue weighted by molar-refractivity contribution is 0.251. The zero-order chi connectivity index (χ0) is 8.27. The fourth-order valence-corrected chi connectivity index (χ4v) is 1.29. The van der Waals surface area contributed by atoms with Crippen LogP contribution in [0.5, 0.6) is 0 Å². The molecule has 0 spiro atoms. The second kappa shape index (κ2) is 3.71.